The van der Waals surface area contributed by atoms with E-state index in [2.05, 4.69) is 10.6 Å². The predicted octanol–water partition coefficient (Wildman–Crippen LogP) is 5.63. The maximum absolute atomic E-state index is 12.4. The van der Waals surface area contributed by atoms with Crippen LogP contribution in [0.5, 0.6) is 0 Å². The summed E-state index contributed by atoms with van der Waals surface area (Å²) in [6.45, 7) is 1.89. The van der Waals surface area contributed by atoms with Crippen LogP contribution in [0.1, 0.15) is 15.9 Å². The van der Waals surface area contributed by atoms with Crippen LogP contribution in [0.15, 0.2) is 77.7 Å². The monoisotopic (exact) mass is 410 g/mol. The van der Waals surface area contributed by atoms with Gasteiger partial charge in [0.1, 0.15) is 0 Å². The number of hydrogen-bond acceptors (Lipinski definition) is 3. The Bertz CT molecular complexity index is 990. The highest BCUT2D eigenvalue weighted by Crippen LogP contribution is 2.21. The van der Waals surface area contributed by atoms with E-state index in [1.807, 2.05) is 37.3 Å². The first-order valence-electron chi connectivity index (χ1n) is 8.66. The first kappa shape index (κ1) is 20.0. The Morgan fingerprint density at radius 3 is 2.29 bits per heavy atom. The van der Waals surface area contributed by atoms with Gasteiger partial charge in [-0.25, -0.2) is 0 Å². The molecule has 142 valence electrons. The van der Waals surface area contributed by atoms with Crippen molar-refractivity contribution < 1.29 is 9.59 Å². The summed E-state index contributed by atoms with van der Waals surface area (Å²) in [7, 11) is 0. The normalized spacial score (nSPS) is 10.4. The number of thioether (sulfide) groups is 1. The number of amides is 2. The Hall–Kier alpha value is -2.76. The molecule has 0 radical (unpaired) electrons. The number of benzene rings is 3. The molecule has 6 heteroatoms. The summed E-state index contributed by atoms with van der Waals surface area (Å²) in [5.74, 6) is -0.0243. The van der Waals surface area contributed by atoms with Gasteiger partial charge in [-0.05, 0) is 61.0 Å². The van der Waals surface area contributed by atoms with Gasteiger partial charge in [-0.15, -0.1) is 11.8 Å². The molecular formula is C22H19ClN2O2S. The van der Waals surface area contributed by atoms with Crippen molar-refractivity contribution in [1.82, 2.24) is 0 Å². The minimum atomic E-state index is -0.181. The van der Waals surface area contributed by atoms with Crippen LogP contribution in [-0.4, -0.2) is 17.6 Å². The summed E-state index contributed by atoms with van der Waals surface area (Å²) in [6.07, 6.45) is 0. The molecule has 0 aliphatic heterocycles. The van der Waals surface area contributed by atoms with E-state index in [9.17, 15) is 9.59 Å². The number of hydrogen-bond donors (Lipinski definition) is 2. The fourth-order valence-corrected chi connectivity index (χ4v) is 3.40. The third-order valence-electron chi connectivity index (χ3n) is 3.98. The van der Waals surface area contributed by atoms with Crippen molar-refractivity contribution in [3.8, 4) is 0 Å². The fraction of sp³-hybridized carbons (Fsp3) is 0.0909. The first-order valence-corrected chi connectivity index (χ1v) is 10.0. The average molecular weight is 411 g/mol. The van der Waals surface area contributed by atoms with Crippen molar-refractivity contribution in [2.75, 3.05) is 16.4 Å². The Kier molecular flexibility index (Phi) is 6.74. The molecule has 0 atom stereocenters. The van der Waals surface area contributed by atoms with Crippen LogP contribution in [0.2, 0.25) is 5.02 Å². The van der Waals surface area contributed by atoms with Crippen molar-refractivity contribution in [1.29, 1.82) is 0 Å². The molecule has 3 aromatic carbocycles. The van der Waals surface area contributed by atoms with Gasteiger partial charge < -0.3 is 10.6 Å². The predicted molar refractivity (Wildman–Crippen MR) is 116 cm³/mol. The molecule has 0 aromatic heterocycles. The molecular weight excluding hydrogens is 392 g/mol. The molecule has 0 unspecified atom stereocenters. The lowest BCUT2D eigenvalue weighted by molar-refractivity contribution is -0.113. The van der Waals surface area contributed by atoms with Gasteiger partial charge in [0, 0.05) is 26.9 Å². The Morgan fingerprint density at radius 2 is 1.57 bits per heavy atom. The Labute approximate surface area is 173 Å². The highest BCUT2D eigenvalue weighted by Gasteiger charge is 2.09. The molecule has 0 spiro atoms. The van der Waals surface area contributed by atoms with E-state index < -0.39 is 0 Å². The van der Waals surface area contributed by atoms with E-state index in [1.54, 1.807) is 42.5 Å². The maximum Gasteiger partial charge on any atom is 0.255 e. The molecule has 0 saturated heterocycles. The Morgan fingerprint density at radius 1 is 0.893 bits per heavy atom. The Balaban J connectivity index is 1.58. The van der Waals surface area contributed by atoms with E-state index in [-0.39, 0.29) is 17.6 Å². The first-order chi connectivity index (χ1) is 13.5. The highest BCUT2D eigenvalue weighted by molar-refractivity contribution is 8.00. The van der Waals surface area contributed by atoms with Crippen LogP contribution in [0, 0.1) is 6.92 Å². The molecule has 2 amide bonds. The topological polar surface area (TPSA) is 58.2 Å². The van der Waals surface area contributed by atoms with Crippen molar-refractivity contribution >= 4 is 46.6 Å². The number of nitrogens with one attached hydrogen (secondary N) is 2. The second-order valence-electron chi connectivity index (χ2n) is 6.14. The van der Waals surface area contributed by atoms with Gasteiger partial charge in [-0.2, -0.15) is 0 Å². The van der Waals surface area contributed by atoms with E-state index in [1.165, 1.54) is 11.8 Å². The second-order valence-corrected chi connectivity index (χ2v) is 7.63. The van der Waals surface area contributed by atoms with Gasteiger partial charge in [0.05, 0.1) is 5.75 Å². The molecule has 28 heavy (non-hydrogen) atoms. The third kappa shape index (κ3) is 5.62. The van der Waals surface area contributed by atoms with Crippen LogP contribution < -0.4 is 10.6 Å². The number of halogens is 1. The smallest absolute Gasteiger partial charge is 0.255 e. The van der Waals surface area contributed by atoms with Gasteiger partial charge in [0.25, 0.3) is 5.91 Å². The van der Waals surface area contributed by atoms with Crippen molar-refractivity contribution in [3.05, 3.63) is 88.9 Å². The second kappa shape index (κ2) is 9.44. The quantitative estimate of drug-likeness (QED) is 0.517. The summed E-state index contributed by atoms with van der Waals surface area (Å²) in [6, 6.07) is 21.8. The third-order valence-corrected chi connectivity index (χ3v) is 5.24. The average Bonchev–Trinajstić information content (AvgIpc) is 2.68. The van der Waals surface area contributed by atoms with Crippen molar-refractivity contribution in [3.63, 3.8) is 0 Å². The van der Waals surface area contributed by atoms with E-state index in [0.717, 1.165) is 10.5 Å². The molecule has 0 fully saturated rings. The van der Waals surface area contributed by atoms with Gasteiger partial charge in [0.15, 0.2) is 0 Å². The summed E-state index contributed by atoms with van der Waals surface area (Å²) < 4.78 is 0. The largest absolute Gasteiger partial charge is 0.325 e. The lowest BCUT2D eigenvalue weighted by Gasteiger charge is -2.10. The summed E-state index contributed by atoms with van der Waals surface area (Å²) in [5, 5.41) is 6.38. The zero-order chi connectivity index (χ0) is 19.9. The van der Waals surface area contributed by atoms with Gasteiger partial charge in [0.2, 0.25) is 5.91 Å². The van der Waals surface area contributed by atoms with Gasteiger partial charge in [-0.3, -0.25) is 9.59 Å². The molecule has 0 aliphatic rings. The molecule has 2 N–H and O–H groups in total. The number of rotatable bonds is 6. The zero-order valence-corrected chi connectivity index (χ0v) is 16.8. The minimum absolute atomic E-state index is 0.123. The highest BCUT2D eigenvalue weighted by atomic mass is 35.5. The summed E-state index contributed by atoms with van der Waals surface area (Å²) in [5.41, 5.74) is 2.78. The molecule has 0 heterocycles. The van der Waals surface area contributed by atoms with Crippen LogP contribution in [-0.2, 0) is 4.79 Å². The molecule has 0 saturated carbocycles. The number of carbonyl (C=O) groups excluding carboxylic acids is 2. The van der Waals surface area contributed by atoms with Crippen LogP contribution in [0.3, 0.4) is 0 Å². The molecule has 3 rings (SSSR count). The lowest BCUT2D eigenvalue weighted by Crippen LogP contribution is -2.15. The van der Waals surface area contributed by atoms with E-state index in [4.69, 9.17) is 11.6 Å². The number of carbonyl (C=O) groups is 2. The zero-order valence-electron chi connectivity index (χ0n) is 15.2. The molecule has 0 bridgehead atoms. The fourth-order valence-electron chi connectivity index (χ4n) is 2.58. The van der Waals surface area contributed by atoms with Crippen LogP contribution in [0.4, 0.5) is 11.4 Å². The van der Waals surface area contributed by atoms with Crippen LogP contribution in [0.25, 0.3) is 0 Å². The lowest BCUT2D eigenvalue weighted by atomic mass is 10.1. The SMILES string of the molecule is Cc1ccccc1C(=O)Nc1cccc(NC(=O)CSc2ccc(Cl)cc2)c1. The summed E-state index contributed by atoms with van der Waals surface area (Å²) in [4.78, 5) is 25.6. The van der Waals surface area contributed by atoms with Crippen molar-refractivity contribution in [2.45, 2.75) is 11.8 Å². The van der Waals surface area contributed by atoms with Crippen molar-refractivity contribution in [2.24, 2.45) is 0 Å². The maximum atomic E-state index is 12.4. The molecule has 4 nitrogen and oxygen atoms in total. The number of anilines is 2. The minimum Gasteiger partial charge on any atom is -0.325 e. The van der Waals surface area contributed by atoms with Gasteiger partial charge >= 0.3 is 0 Å². The molecule has 0 aliphatic carbocycles. The van der Waals surface area contributed by atoms with Crippen LogP contribution >= 0.6 is 23.4 Å². The van der Waals surface area contributed by atoms with Gasteiger partial charge in [-0.1, -0.05) is 35.9 Å². The van der Waals surface area contributed by atoms with E-state index >= 15 is 0 Å². The molecule has 3 aromatic rings. The van der Waals surface area contributed by atoms with E-state index in [0.29, 0.717) is 22.0 Å². The standard InChI is InChI=1S/C22H19ClN2O2S/c1-15-5-2-3-8-20(15)22(27)25-18-7-4-6-17(13-18)24-21(26)14-28-19-11-9-16(23)10-12-19/h2-13H,14H2,1H3,(H,24,26)(H,25,27). The summed E-state index contributed by atoms with van der Waals surface area (Å²) >= 11 is 7.29. The number of aryl methyl sites for hydroxylation is 1.